The molecular formula is C14H24O. The van der Waals surface area contributed by atoms with Gasteiger partial charge in [-0.2, -0.15) is 0 Å². The van der Waals surface area contributed by atoms with Gasteiger partial charge >= 0.3 is 0 Å². The van der Waals surface area contributed by atoms with Gasteiger partial charge in [-0.15, -0.1) is 0 Å². The van der Waals surface area contributed by atoms with Crippen molar-refractivity contribution >= 4 is 6.29 Å². The molecule has 0 radical (unpaired) electrons. The lowest BCUT2D eigenvalue weighted by molar-refractivity contribution is -0.104. The topological polar surface area (TPSA) is 17.1 Å². The average Bonchev–Trinajstić information content (AvgIpc) is 2.26. The van der Waals surface area contributed by atoms with Crippen LogP contribution in [0, 0.1) is 0 Å². The van der Waals surface area contributed by atoms with Crippen LogP contribution in [0.3, 0.4) is 0 Å². The van der Waals surface area contributed by atoms with E-state index in [1.807, 2.05) is 6.08 Å². The van der Waals surface area contributed by atoms with E-state index >= 15 is 0 Å². The number of rotatable bonds is 10. The predicted molar refractivity (Wildman–Crippen MR) is 67.0 cm³/mol. The fraction of sp³-hybridized carbons (Fsp3) is 0.643. The largest absolute Gasteiger partial charge is 0.299 e. The minimum absolute atomic E-state index is 0.847. The number of hydrogen-bond donors (Lipinski definition) is 0. The first kappa shape index (κ1) is 14.2. The van der Waals surface area contributed by atoms with E-state index < -0.39 is 0 Å². The highest BCUT2D eigenvalue weighted by molar-refractivity contribution is 5.64. The van der Waals surface area contributed by atoms with Crippen LogP contribution in [-0.4, -0.2) is 6.29 Å². The molecule has 0 unspecified atom stereocenters. The summed E-state index contributed by atoms with van der Waals surface area (Å²) in [6.07, 6.45) is 18.9. The van der Waals surface area contributed by atoms with Gasteiger partial charge in [0.2, 0.25) is 0 Å². The normalized spacial score (nSPS) is 11.5. The zero-order valence-corrected chi connectivity index (χ0v) is 9.95. The number of unbranched alkanes of at least 4 members (excludes halogenated alkanes) is 6. The molecule has 1 heteroatoms. The number of allylic oxidation sites excluding steroid dienone is 4. The van der Waals surface area contributed by atoms with E-state index in [-0.39, 0.29) is 0 Å². The molecule has 0 aromatic heterocycles. The highest BCUT2D eigenvalue weighted by atomic mass is 16.1. The van der Waals surface area contributed by atoms with E-state index in [9.17, 15) is 4.79 Å². The van der Waals surface area contributed by atoms with Crippen LogP contribution >= 0.6 is 0 Å². The van der Waals surface area contributed by atoms with E-state index in [0.717, 1.165) is 19.1 Å². The maximum atomic E-state index is 9.97. The maximum Gasteiger partial charge on any atom is 0.142 e. The molecule has 0 aromatic carbocycles. The van der Waals surface area contributed by atoms with Crippen LogP contribution in [0.2, 0.25) is 0 Å². The second kappa shape index (κ2) is 13.2. The Bertz CT molecular complexity index is 180. The van der Waals surface area contributed by atoms with Gasteiger partial charge in [0.1, 0.15) is 6.29 Å². The SMILES string of the molecule is CCC=CCCCCCCC/C=C\C=O. The van der Waals surface area contributed by atoms with E-state index in [4.69, 9.17) is 0 Å². The lowest BCUT2D eigenvalue weighted by Crippen LogP contribution is -1.78. The first-order valence-electron chi connectivity index (χ1n) is 6.17. The number of hydrogen-bond acceptors (Lipinski definition) is 1. The quantitative estimate of drug-likeness (QED) is 0.224. The fourth-order valence-corrected chi connectivity index (χ4v) is 1.49. The van der Waals surface area contributed by atoms with Crippen molar-refractivity contribution in [1.29, 1.82) is 0 Å². The van der Waals surface area contributed by atoms with Crippen LogP contribution < -0.4 is 0 Å². The van der Waals surface area contributed by atoms with Crippen molar-refractivity contribution in [3.05, 3.63) is 24.3 Å². The zero-order chi connectivity index (χ0) is 11.2. The third kappa shape index (κ3) is 13.2. The molecule has 0 N–H and O–H groups in total. The minimum Gasteiger partial charge on any atom is -0.299 e. The van der Waals surface area contributed by atoms with E-state index in [1.165, 1.54) is 38.5 Å². The monoisotopic (exact) mass is 208 g/mol. The lowest BCUT2D eigenvalue weighted by atomic mass is 10.1. The van der Waals surface area contributed by atoms with Gasteiger partial charge in [0.25, 0.3) is 0 Å². The first-order valence-corrected chi connectivity index (χ1v) is 6.17. The van der Waals surface area contributed by atoms with Gasteiger partial charge in [0.05, 0.1) is 0 Å². The number of aldehydes is 1. The Balaban J connectivity index is 3.01. The summed E-state index contributed by atoms with van der Waals surface area (Å²) < 4.78 is 0. The average molecular weight is 208 g/mol. The lowest BCUT2D eigenvalue weighted by Gasteiger charge is -1.97. The molecule has 0 bridgehead atoms. The summed E-state index contributed by atoms with van der Waals surface area (Å²) in [5.41, 5.74) is 0. The van der Waals surface area contributed by atoms with Crippen LogP contribution in [0.5, 0.6) is 0 Å². The molecule has 0 rings (SSSR count). The van der Waals surface area contributed by atoms with Crippen molar-refractivity contribution in [3.63, 3.8) is 0 Å². The molecule has 0 heterocycles. The van der Waals surface area contributed by atoms with Crippen molar-refractivity contribution in [2.45, 2.75) is 58.3 Å². The number of carbonyl (C=O) groups is 1. The molecule has 0 spiro atoms. The van der Waals surface area contributed by atoms with Gasteiger partial charge < -0.3 is 0 Å². The van der Waals surface area contributed by atoms with E-state index in [2.05, 4.69) is 19.1 Å². The first-order chi connectivity index (χ1) is 7.41. The Morgan fingerprint density at radius 1 is 0.800 bits per heavy atom. The molecule has 0 fully saturated rings. The molecular weight excluding hydrogens is 184 g/mol. The van der Waals surface area contributed by atoms with Gasteiger partial charge in [-0.3, -0.25) is 4.79 Å². The molecule has 0 aliphatic rings. The molecule has 0 atom stereocenters. The third-order valence-corrected chi connectivity index (χ3v) is 2.36. The van der Waals surface area contributed by atoms with Gasteiger partial charge in [-0.25, -0.2) is 0 Å². The van der Waals surface area contributed by atoms with Crippen LogP contribution in [0.25, 0.3) is 0 Å². The summed E-state index contributed by atoms with van der Waals surface area (Å²) >= 11 is 0. The molecule has 0 saturated heterocycles. The third-order valence-electron chi connectivity index (χ3n) is 2.36. The molecule has 0 aromatic rings. The highest BCUT2D eigenvalue weighted by Gasteiger charge is 1.88. The van der Waals surface area contributed by atoms with Gasteiger partial charge in [-0.1, -0.05) is 44.4 Å². The van der Waals surface area contributed by atoms with Gasteiger partial charge in [-0.05, 0) is 38.2 Å². The molecule has 15 heavy (non-hydrogen) atoms. The summed E-state index contributed by atoms with van der Waals surface area (Å²) in [7, 11) is 0. The van der Waals surface area contributed by atoms with Crippen LogP contribution in [0.4, 0.5) is 0 Å². The molecule has 86 valence electrons. The summed E-state index contributed by atoms with van der Waals surface area (Å²) in [5, 5.41) is 0. The van der Waals surface area contributed by atoms with Gasteiger partial charge in [0, 0.05) is 0 Å². The Hall–Kier alpha value is -0.850. The molecule has 0 saturated carbocycles. The second-order valence-electron chi connectivity index (χ2n) is 3.79. The fourth-order valence-electron chi connectivity index (χ4n) is 1.49. The molecule has 1 nitrogen and oxygen atoms in total. The number of carbonyl (C=O) groups excluding carboxylic acids is 1. The second-order valence-corrected chi connectivity index (χ2v) is 3.79. The summed E-state index contributed by atoms with van der Waals surface area (Å²) in [4.78, 5) is 9.97. The summed E-state index contributed by atoms with van der Waals surface area (Å²) in [6.45, 7) is 2.17. The highest BCUT2D eigenvalue weighted by Crippen LogP contribution is 2.07. The summed E-state index contributed by atoms with van der Waals surface area (Å²) in [5.74, 6) is 0. The molecule has 0 aliphatic heterocycles. The Kier molecular flexibility index (Phi) is 12.4. The standard InChI is InChI=1S/C14H24O/c1-2-3-4-5-6-7-8-9-10-11-12-13-14-15/h3-4,12-14H,2,5-11H2,1H3/b4-3?,13-12-. The van der Waals surface area contributed by atoms with E-state index in [1.54, 1.807) is 6.08 Å². The van der Waals surface area contributed by atoms with Gasteiger partial charge in [0.15, 0.2) is 0 Å². The van der Waals surface area contributed by atoms with Crippen LogP contribution in [0.15, 0.2) is 24.3 Å². The Morgan fingerprint density at radius 2 is 1.40 bits per heavy atom. The van der Waals surface area contributed by atoms with Crippen molar-refractivity contribution in [2.75, 3.05) is 0 Å². The summed E-state index contributed by atoms with van der Waals surface area (Å²) in [6, 6.07) is 0. The Morgan fingerprint density at radius 3 is 2.00 bits per heavy atom. The van der Waals surface area contributed by atoms with Crippen molar-refractivity contribution < 1.29 is 4.79 Å². The molecule has 0 aliphatic carbocycles. The van der Waals surface area contributed by atoms with Crippen LogP contribution in [0.1, 0.15) is 58.3 Å². The van der Waals surface area contributed by atoms with Crippen molar-refractivity contribution in [1.82, 2.24) is 0 Å². The van der Waals surface area contributed by atoms with E-state index in [0.29, 0.717) is 0 Å². The maximum absolute atomic E-state index is 9.97. The minimum atomic E-state index is 0.847. The Labute approximate surface area is 94.3 Å². The smallest absolute Gasteiger partial charge is 0.142 e. The van der Waals surface area contributed by atoms with Crippen LogP contribution in [-0.2, 0) is 4.79 Å². The molecule has 0 amide bonds. The van der Waals surface area contributed by atoms with Crippen molar-refractivity contribution in [3.8, 4) is 0 Å². The van der Waals surface area contributed by atoms with Crippen molar-refractivity contribution in [2.24, 2.45) is 0 Å². The zero-order valence-electron chi connectivity index (χ0n) is 9.95. The predicted octanol–water partition coefficient (Wildman–Crippen LogP) is 4.44.